The molecule has 3 aromatic rings. The van der Waals surface area contributed by atoms with Crippen LogP contribution < -0.4 is 4.90 Å². The number of hydrogen-bond acceptors (Lipinski definition) is 5. The number of imidazole rings is 1. The zero-order valence-corrected chi connectivity index (χ0v) is 15.1. The predicted octanol–water partition coefficient (Wildman–Crippen LogP) is 2.55. The summed E-state index contributed by atoms with van der Waals surface area (Å²) in [5, 5.41) is 8.92. The lowest BCUT2D eigenvalue weighted by atomic mass is 9.96. The monoisotopic (exact) mass is 348 g/mol. The number of fused-ring (bicyclic) bond motifs is 2. The summed E-state index contributed by atoms with van der Waals surface area (Å²) in [6.45, 7) is 2.84. The first kappa shape index (κ1) is 15.8. The van der Waals surface area contributed by atoms with Gasteiger partial charge in [-0.1, -0.05) is 12.1 Å². The molecule has 0 atom stereocenters. The standard InChI is InChI=1S/C20H24N6/c1-25(13-19-21-17-8-4-5-9-18(17)22-19)15-11-26(12-15)20-10-14-6-2-3-7-16(14)23-24-20/h4-5,8-10,15H,2-3,6-7,11-13H2,1H3,(H,21,22). The number of benzene rings is 1. The predicted molar refractivity (Wildman–Crippen MR) is 102 cm³/mol. The van der Waals surface area contributed by atoms with E-state index >= 15 is 0 Å². The zero-order chi connectivity index (χ0) is 17.5. The number of hydrogen-bond donors (Lipinski definition) is 1. The SMILES string of the molecule is CN(Cc1nc2ccccc2[nH]1)C1CN(c2cc3c(nn2)CCCC3)C1. The fraction of sp³-hybridized carbons (Fsp3) is 0.450. The molecule has 0 spiro atoms. The van der Waals surface area contributed by atoms with Crippen molar-refractivity contribution < 1.29 is 0 Å². The van der Waals surface area contributed by atoms with Gasteiger partial charge in [-0.25, -0.2) is 4.98 Å². The van der Waals surface area contributed by atoms with Crippen LogP contribution in [0.25, 0.3) is 11.0 Å². The van der Waals surface area contributed by atoms with Gasteiger partial charge in [-0.2, -0.15) is 5.10 Å². The summed E-state index contributed by atoms with van der Waals surface area (Å²) in [5.74, 6) is 2.07. The number of para-hydroxylation sites is 2. The normalized spacial score (nSPS) is 17.5. The summed E-state index contributed by atoms with van der Waals surface area (Å²) in [5.41, 5.74) is 4.75. The summed E-state index contributed by atoms with van der Waals surface area (Å²) in [6.07, 6.45) is 4.77. The number of likely N-dealkylation sites (N-methyl/N-ethyl adjacent to an activating group) is 1. The number of anilines is 1. The average molecular weight is 348 g/mol. The van der Waals surface area contributed by atoms with Gasteiger partial charge in [0.05, 0.1) is 23.3 Å². The van der Waals surface area contributed by atoms with E-state index in [2.05, 4.69) is 55.2 Å². The zero-order valence-electron chi connectivity index (χ0n) is 15.1. The van der Waals surface area contributed by atoms with E-state index in [4.69, 9.17) is 0 Å². The summed E-state index contributed by atoms with van der Waals surface area (Å²) in [6, 6.07) is 11.0. The topological polar surface area (TPSA) is 60.9 Å². The Balaban J connectivity index is 1.22. The Morgan fingerprint density at radius 2 is 2.00 bits per heavy atom. The highest BCUT2D eigenvalue weighted by atomic mass is 15.4. The van der Waals surface area contributed by atoms with Crippen LogP contribution in [0.3, 0.4) is 0 Å². The second-order valence-electron chi connectivity index (χ2n) is 7.56. The van der Waals surface area contributed by atoms with Crippen molar-refractivity contribution >= 4 is 16.9 Å². The number of nitrogens with zero attached hydrogens (tertiary/aromatic N) is 5. The molecule has 5 rings (SSSR count). The Hall–Kier alpha value is -2.47. The molecule has 0 amide bonds. The highest BCUT2D eigenvalue weighted by Gasteiger charge is 2.32. The summed E-state index contributed by atoms with van der Waals surface area (Å²) in [4.78, 5) is 12.8. The maximum atomic E-state index is 4.69. The number of H-pyrrole nitrogens is 1. The van der Waals surface area contributed by atoms with E-state index in [1.807, 2.05) is 12.1 Å². The van der Waals surface area contributed by atoms with Crippen LogP contribution in [0.4, 0.5) is 5.82 Å². The first-order valence-corrected chi connectivity index (χ1v) is 9.50. The maximum Gasteiger partial charge on any atom is 0.151 e. The number of aromatic nitrogens is 4. The van der Waals surface area contributed by atoms with E-state index < -0.39 is 0 Å². The van der Waals surface area contributed by atoms with Gasteiger partial charge in [0.1, 0.15) is 5.82 Å². The third-order valence-corrected chi connectivity index (χ3v) is 5.70. The smallest absolute Gasteiger partial charge is 0.151 e. The van der Waals surface area contributed by atoms with Gasteiger partial charge in [-0.3, -0.25) is 4.90 Å². The molecule has 3 heterocycles. The van der Waals surface area contributed by atoms with Crippen molar-refractivity contribution in [1.82, 2.24) is 25.1 Å². The molecule has 2 aliphatic rings. The molecule has 1 aromatic carbocycles. The molecule has 134 valence electrons. The molecular weight excluding hydrogens is 324 g/mol. The van der Waals surface area contributed by atoms with E-state index in [1.165, 1.54) is 24.1 Å². The minimum atomic E-state index is 0.529. The van der Waals surface area contributed by atoms with Crippen molar-refractivity contribution in [3.63, 3.8) is 0 Å². The lowest BCUT2D eigenvalue weighted by molar-refractivity contribution is 0.193. The molecule has 1 aliphatic heterocycles. The number of rotatable bonds is 4. The van der Waals surface area contributed by atoms with Crippen LogP contribution in [0.1, 0.15) is 29.9 Å². The Morgan fingerprint density at radius 1 is 1.15 bits per heavy atom. The second kappa shape index (κ2) is 6.36. The maximum absolute atomic E-state index is 4.69. The van der Waals surface area contributed by atoms with Crippen LogP contribution in [0.2, 0.25) is 0 Å². The first-order chi connectivity index (χ1) is 12.8. The fourth-order valence-electron chi connectivity index (χ4n) is 4.00. The van der Waals surface area contributed by atoms with Crippen molar-refractivity contribution in [3.8, 4) is 0 Å². The molecular formula is C20H24N6. The van der Waals surface area contributed by atoms with Crippen molar-refractivity contribution in [1.29, 1.82) is 0 Å². The fourth-order valence-corrected chi connectivity index (χ4v) is 4.00. The second-order valence-corrected chi connectivity index (χ2v) is 7.56. The van der Waals surface area contributed by atoms with Crippen molar-refractivity contribution in [3.05, 3.63) is 47.4 Å². The van der Waals surface area contributed by atoms with E-state index in [0.29, 0.717) is 6.04 Å². The highest BCUT2D eigenvalue weighted by Crippen LogP contribution is 2.26. The number of nitrogens with one attached hydrogen (secondary N) is 1. The molecule has 0 saturated carbocycles. The van der Waals surface area contributed by atoms with E-state index in [0.717, 1.165) is 55.2 Å². The minimum Gasteiger partial charge on any atom is -0.352 e. The molecule has 6 nitrogen and oxygen atoms in total. The van der Waals surface area contributed by atoms with Gasteiger partial charge in [-0.15, -0.1) is 5.10 Å². The third kappa shape index (κ3) is 2.84. The molecule has 0 bridgehead atoms. The lowest BCUT2D eigenvalue weighted by Gasteiger charge is -2.44. The number of aryl methyl sites for hydroxylation is 2. The Bertz CT molecular complexity index is 894. The van der Waals surface area contributed by atoms with Crippen LogP contribution in [0.15, 0.2) is 30.3 Å². The van der Waals surface area contributed by atoms with Crippen LogP contribution in [-0.4, -0.2) is 51.2 Å². The molecule has 0 radical (unpaired) electrons. The Morgan fingerprint density at radius 3 is 2.88 bits per heavy atom. The molecule has 2 aromatic heterocycles. The van der Waals surface area contributed by atoms with Crippen molar-refractivity contribution in [2.45, 2.75) is 38.3 Å². The van der Waals surface area contributed by atoms with E-state index in [1.54, 1.807) is 0 Å². The van der Waals surface area contributed by atoms with Gasteiger partial charge < -0.3 is 9.88 Å². The van der Waals surface area contributed by atoms with Gasteiger partial charge in [0.15, 0.2) is 5.82 Å². The average Bonchev–Trinajstić information content (AvgIpc) is 3.02. The minimum absolute atomic E-state index is 0.529. The van der Waals surface area contributed by atoms with Gasteiger partial charge in [0.2, 0.25) is 0 Å². The van der Waals surface area contributed by atoms with Gasteiger partial charge in [0.25, 0.3) is 0 Å². The highest BCUT2D eigenvalue weighted by molar-refractivity contribution is 5.74. The van der Waals surface area contributed by atoms with Crippen LogP contribution in [0.5, 0.6) is 0 Å². The third-order valence-electron chi connectivity index (χ3n) is 5.70. The van der Waals surface area contributed by atoms with Gasteiger partial charge >= 0.3 is 0 Å². The van der Waals surface area contributed by atoms with Crippen LogP contribution in [-0.2, 0) is 19.4 Å². The Kier molecular flexibility index (Phi) is 3.85. The molecule has 6 heteroatoms. The quantitative estimate of drug-likeness (QED) is 0.785. The molecule has 1 N–H and O–H groups in total. The summed E-state index contributed by atoms with van der Waals surface area (Å²) < 4.78 is 0. The van der Waals surface area contributed by atoms with Crippen molar-refractivity contribution in [2.24, 2.45) is 0 Å². The summed E-state index contributed by atoms with van der Waals surface area (Å²) in [7, 11) is 2.17. The lowest BCUT2D eigenvalue weighted by Crippen LogP contribution is -2.58. The van der Waals surface area contributed by atoms with Crippen molar-refractivity contribution in [2.75, 3.05) is 25.0 Å². The molecule has 1 fully saturated rings. The largest absolute Gasteiger partial charge is 0.352 e. The van der Waals surface area contributed by atoms with E-state index in [-0.39, 0.29) is 0 Å². The molecule has 0 unspecified atom stereocenters. The first-order valence-electron chi connectivity index (χ1n) is 9.50. The molecule has 1 aliphatic carbocycles. The Labute approximate surface area is 153 Å². The summed E-state index contributed by atoms with van der Waals surface area (Å²) >= 11 is 0. The van der Waals surface area contributed by atoms with Crippen LogP contribution >= 0.6 is 0 Å². The molecule has 26 heavy (non-hydrogen) atoms. The van der Waals surface area contributed by atoms with E-state index in [9.17, 15) is 0 Å². The van der Waals surface area contributed by atoms with Crippen LogP contribution in [0, 0.1) is 0 Å². The molecule has 1 saturated heterocycles. The van der Waals surface area contributed by atoms with Gasteiger partial charge in [-0.05, 0) is 56.5 Å². The van der Waals surface area contributed by atoms with Gasteiger partial charge in [0, 0.05) is 19.1 Å². The number of aromatic amines is 1.